The van der Waals surface area contributed by atoms with E-state index < -0.39 is 24.0 Å². The molecule has 0 spiro atoms. The molecular weight excluding hydrogens is 393 g/mol. The zero-order valence-electron chi connectivity index (χ0n) is 14.4. The lowest BCUT2D eigenvalue weighted by molar-refractivity contribution is -0.274. The van der Waals surface area contributed by atoms with Crippen molar-refractivity contribution in [1.82, 2.24) is 4.57 Å². The predicted molar refractivity (Wildman–Crippen MR) is 95.2 cm³/mol. The van der Waals surface area contributed by atoms with Crippen LogP contribution in [0.25, 0.3) is 27.6 Å². The minimum Gasteiger partial charge on any atom is -0.475 e. The molecule has 2 heterocycles. The molecule has 0 aliphatic heterocycles. The monoisotopic (exact) mass is 404 g/mol. The van der Waals surface area contributed by atoms with Crippen molar-refractivity contribution in [3.8, 4) is 11.4 Å². The Hall–Kier alpha value is -3.95. The normalized spacial score (nSPS) is 11.8. The van der Waals surface area contributed by atoms with E-state index in [0.717, 1.165) is 12.1 Å². The van der Waals surface area contributed by atoms with Crippen molar-refractivity contribution in [1.29, 1.82) is 0 Å². The van der Waals surface area contributed by atoms with Gasteiger partial charge in [0, 0.05) is 22.5 Å². The summed E-state index contributed by atoms with van der Waals surface area (Å²) in [6, 6.07) is 10.9. The number of benzene rings is 2. The number of hydrogen-bond donors (Lipinski definition) is 2. The van der Waals surface area contributed by atoms with Crippen LogP contribution < -0.4 is 10.5 Å². The Bertz CT molecular complexity index is 1290. The number of carboxylic acids is 1. The lowest BCUT2D eigenvalue weighted by atomic mass is 10.2. The number of rotatable bonds is 4. The van der Waals surface area contributed by atoms with Crippen molar-refractivity contribution >= 4 is 33.7 Å². The number of aromatic nitrogens is 1. The third-order valence-corrected chi connectivity index (χ3v) is 4.23. The molecule has 148 valence electrons. The van der Waals surface area contributed by atoms with Crippen LogP contribution in [0.4, 0.5) is 13.2 Å². The summed E-state index contributed by atoms with van der Waals surface area (Å²) >= 11 is 0. The van der Waals surface area contributed by atoms with Crippen molar-refractivity contribution < 1.29 is 37.0 Å². The van der Waals surface area contributed by atoms with Crippen LogP contribution in [0.1, 0.15) is 21.0 Å². The molecule has 2 aromatic heterocycles. The summed E-state index contributed by atoms with van der Waals surface area (Å²) in [4.78, 5) is 23.0. The topological polar surface area (TPSA) is 108 Å². The van der Waals surface area contributed by atoms with E-state index in [2.05, 4.69) is 4.74 Å². The van der Waals surface area contributed by atoms with Crippen molar-refractivity contribution in [3.63, 3.8) is 0 Å². The summed E-state index contributed by atoms with van der Waals surface area (Å²) in [5.41, 5.74) is 6.40. The van der Waals surface area contributed by atoms with Gasteiger partial charge in [-0.15, -0.1) is 13.2 Å². The Kier molecular flexibility index (Phi) is 4.00. The maximum absolute atomic E-state index is 12.6. The van der Waals surface area contributed by atoms with Gasteiger partial charge >= 0.3 is 12.3 Å². The van der Waals surface area contributed by atoms with Crippen molar-refractivity contribution in [2.24, 2.45) is 5.73 Å². The van der Waals surface area contributed by atoms with Crippen molar-refractivity contribution in [2.75, 3.05) is 0 Å². The number of hydrogen-bond acceptors (Lipinski definition) is 4. The van der Waals surface area contributed by atoms with E-state index in [0.29, 0.717) is 22.0 Å². The number of alkyl halides is 3. The summed E-state index contributed by atoms with van der Waals surface area (Å²) in [5.74, 6) is -2.78. The number of primary amides is 1. The molecule has 0 aliphatic rings. The second kappa shape index (κ2) is 6.30. The Morgan fingerprint density at radius 2 is 1.79 bits per heavy atom. The average Bonchev–Trinajstić information content (AvgIpc) is 3.20. The van der Waals surface area contributed by atoms with Crippen LogP contribution in [0.15, 0.2) is 52.9 Å². The minimum absolute atomic E-state index is 0.0328. The lowest BCUT2D eigenvalue weighted by Crippen LogP contribution is -2.17. The molecule has 0 aliphatic carbocycles. The third-order valence-electron chi connectivity index (χ3n) is 4.23. The van der Waals surface area contributed by atoms with Crippen LogP contribution in [0.2, 0.25) is 0 Å². The van der Waals surface area contributed by atoms with Gasteiger partial charge in [-0.3, -0.25) is 4.79 Å². The van der Waals surface area contributed by atoms with Gasteiger partial charge in [0.2, 0.25) is 5.76 Å². The maximum Gasteiger partial charge on any atom is 0.573 e. The smallest absolute Gasteiger partial charge is 0.475 e. The fraction of sp³-hybridized carbons (Fsp3) is 0.0526. The zero-order valence-corrected chi connectivity index (χ0v) is 14.4. The zero-order chi connectivity index (χ0) is 20.9. The van der Waals surface area contributed by atoms with E-state index in [-0.39, 0.29) is 17.0 Å². The molecule has 3 N–H and O–H groups in total. The Morgan fingerprint density at radius 3 is 2.45 bits per heavy atom. The van der Waals surface area contributed by atoms with Crippen LogP contribution in [0, 0.1) is 0 Å². The number of fused-ring (bicyclic) bond motifs is 2. The van der Waals surface area contributed by atoms with E-state index in [1.807, 2.05) is 0 Å². The number of nitrogens with zero attached hydrogens (tertiary/aromatic N) is 1. The van der Waals surface area contributed by atoms with Gasteiger partial charge in [-0.2, -0.15) is 0 Å². The molecule has 4 aromatic rings. The van der Waals surface area contributed by atoms with Gasteiger partial charge in [0.1, 0.15) is 17.0 Å². The predicted octanol–water partition coefficient (Wildman–Crippen LogP) is 4.07. The summed E-state index contributed by atoms with van der Waals surface area (Å²) in [6.45, 7) is 0. The first-order valence-corrected chi connectivity index (χ1v) is 8.11. The highest BCUT2D eigenvalue weighted by Crippen LogP contribution is 2.32. The number of nitrogens with two attached hydrogens (primary N) is 1. The second-order valence-electron chi connectivity index (χ2n) is 6.14. The number of aromatic carboxylic acids is 1. The SMILES string of the molecule is NC(=O)c1cc2ccc(OC(F)(F)F)cc2n1-c1ccc2oc(C(=O)O)cc2c1. The van der Waals surface area contributed by atoms with E-state index in [1.165, 1.54) is 41.0 Å². The van der Waals surface area contributed by atoms with Gasteiger partial charge in [-0.25, -0.2) is 4.79 Å². The highest BCUT2D eigenvalue weighted by Gasteiger charge is 2.31. The van der Waals surface area contributed by atoms with Gasteiger partial charge in [0.25, 0.3) is 5.91 Å². The summed E-state index contributed by atoms with van der Waals surface area (Å²) in [7, 11) is 0. The molecular formula is C19H11F3N2O5. The van der Waals surface area contributed by atoms with E-state index in [9.17, 15) is 22.8 Å². The van der Waals surface area contributed by atoms with E-state index >= 15 is 0 Å². The molecule has 2 aromatic carbocycles. The Balaban J connectivity index is 1.93. The Labute approximate surface area is 159 Å². The summed E-state index contributed by atoms with van der Waals surface area (Å²) in [5, 5.41) is 9.95. The fourth-order valence-electron chi connectivity index (χ4n) is 3.11. The number of carbonyl (C=O) groups excluding carboxylic acids is 1. The third kappa shape index (κ3) is 3.35. The van der Waals surface area contributed by atoms with Gasteiger partial charge in [0.15, 0.2) is 0 Å². The summed E-state index contributed by atoms with van der Waals surface area (Å²) < 4.78 is 48.3. The first-order valence-electron chi connectivity index (χ1n) is 8.11. The number of halogens is 3. The van der Waals surface area contributed by atoms with Crippen molar-refractivity contribution in [2.45, 2.75) is 6.36 Å². The first kappa shape index (κ1) is 18.4. The molecule has 0 saturated heterocycles. The quantitative estimate of drug-likeness (QED) is 0.533. The molecule has 0 unspecified atom stereocenters. The highest BCUT2D eigenvalue weighted by atomic mass is 19.4. The molecule has 0 bridgehead atoms. The first-order chi connectivity index (χ1) is 13.6. The van der Waals surface area contributed by atoms with Crippen LogP contribution >= 0.6 is 0 Å². The molecule has 29 heavy (non-hydrogen) atoms. The van der Waals surface area contributed by atoms with Crippen molar-refractivity contribution in [3.05, 3.63) is 60.0 Å². The molecule has 4 rings (SSSR count). The van der Waals surface area contributed by atoms with Gasteiger partial charge < -0.3 is 24.6 Å². The number of ether oxygens (including phenoxy) is 1. The number of furan rings is 1. The molecule has 0 radical (unpaired) electrons. The summed E-state index contributed by atoms with van der Waals surface area (Å²) in [6.07, 6.45) is -4.87. The van der Waals surface area contributed by atoms with E-state index in [1.54, 1.807) is 0 Å². The van der Waals surface area contributed by atoms with Crippen LogP contribution in [-0.4, -0.2) is 27.9 Å². The molecule has 0 atom stereocenters. The second-order valence-corrected chi connectivity index (χ2v) is 6.14. The van der Waals surface area contributed by atoms with E-state index in [4.69, 9.17) is 15.3 Å². The number of carboxylic acid groups (broad SMARTS) is 1. The molecule has 7 nitrogen and oxygen atoms in total. The molecule has 0 fully saturated rings. The fourth-order valence-corrected chi connectivity index (χ4v) is 3.11. The minimum atomic E-state index is -4.87. The van der Waals surface area contributed by atoms with Crippen LogP contribution in [0.5, 0.6) is 5.75 Å². The van der Waals surface area contributed by atoms with Crippen LogP contribution in [0.3, 0.4) is 0 Å². The Morgan fingerprint density at radius 1 is 1.03 bits per heavy atom. The number of amides is 1. The molecule has 10 heteroatoms. The molecule has 0 saturated carbocycles. The van der Waals surface area contributed by atoms with Gasteiger partial charge in [-0.05, 0) is 42.5 Å². The maximum atomic E-state index is 12.6. The van der Waals surface area contributed by atoms with Gasteiger partial charge in [0.05, 0.1) is 5.52 Å². The number of carbonyl (C=O) groups is 2. The highest BCUT2D eigenvalue weighted by molar-refractivity contribution is 6.00. The van der Waals surface area contributed by atoms with Crippen LogP contribution in [-0.2, 0) is 0 Å². The lowest BCUT2D eigenvalue weighted by Gasteiger charge is -2.11. The standard InChI is InChI=1S/C19H11F3N2O5/c20-19(21,22)29-12-3-1-9-6-14(17(23)25)24(13(9)8-12)11-2-4-15-10(5-11)7-16(28-15)18(26)27/h1-8H,(H2,23,25)(H,26,27). The largest absolute Gasteiger partial charge is 0.573 e. The average molecular weight is 404 g/mol. The molecule has 1 amide bonds. The van der Waals surface area contributed by atoms with Gasteiger partial charge in [-0.1, -0.05) is 0 Å².